The van der Waals surface area contributed by atoms with E-state index in [2.05, 4.69) is 15.3 Å². The molecule has 6 heteroatoms. The molecule has 0 amide bonds. The molecule has 0 spiro atoms. The number of nitrogens with zero attached hydrogens (tertiary/aromatic N) is 2. The largest absolute Gasteiger partial charge is 0.496 e. The molecule has 0 radical (unpaired) electrons. The maximum absolute atomic E-state index is 11.2. The Balaban J connectivity index is 2.17. The molecule has 1 heterocycles. The van der Waals surface area contributed by atoms with Crippen LogP contribution in [0.15, 0.2) is 35.1 Å². The number of anilines is 1. The fourth-order valence-electron chi connectivity index (χ4n) is 1.64. The third-order valence-corrected chi connectivity index (χ3v) is 2.52. The highest BCUT2D eigenvalue weighted by Gasteiger charge is 2.03. The van der Waals surface area contributed by atoms with Crippen LogP contribution in [-0.2, 0) is 6.54 Å². The van der Waals surface area contributed by atoms with Crippen LogP contribution in [0, 0.1) is 11.3 Å². The quantitative estimate of drug-likeness (QED) is 0.859. The highest BCUT2D eigenvalue weighted by atomic mass is 16.5. The number of methoxy groups -OCH3 is 1. The minimum absolute atomic E-state index is 0.169. The first-order valence-electron chi connectivity index (χ1n) is 5.60. The molecular formula is C13H12N4O2. The third kappa shape index (κ3) is 3.10. The van der Waals surface area contributed by atoms with Crippen molar-refractivity contribution in [2.24, 2.45) is 0 Å². The van der Waals surface area contributed by atoms with E-state index in [0.29, 0.717) is 12.4 Å². The second-order valence-electron chi connectivity index (χ2n) is 3.76. The molecule has 0 fully saturated rings. The molecule has 0 saturated carbocycles. The molecule has 1 aromatic carbocycles. The van der Waals surface area contributed by atoms with E-state index in [9.17, 15) is 4.79 Å². The van der Waals surface area contributed by atoms with E-state index in [0.717, 1.165) is 11.3 Å². The molecule has 0 bridgehead atoms. The minimum Gasteiger partial charge on any atom is -0.496 e. The van der Waals surface area contributed by atoms with Crippen LogP contribution < -0.4 is 15.7 Å². The van der Waals surface area contributed by atoms with Crippen molar-refractivity contribution in [3.05, 3.63) is 52.1 Å². The lowest BCUT2D eigenvalue weighted by Gasteiger charge is -2.09. The molecule has 0 aliphatic carbocycles. The Morgan fingerprint density at radius 1 is 1.47 bits per heavy atom. The molecule has 1 aromatic heterocycles. The number of hydrogen-bond acceptors (Lipinski definition) is 5. The van der Waals surface area contributed by atoms with Crippen LogP contribution in [0.3, 0.4) is 0 Å². The summed E-state index contributed by atoms with van der Waals surface area (Å²) in [5.74, 6) is 1.10. The first-order valence-corrected chi connectivity index (χ1v) is 5.60. The van der Waals surface area contributed by atoms with Crippen LogP contribution in [0.2, 0.25) is 0 Å². The topological polar surface area (TPSA) is 90.8 Å². The Hall–Kier alpha value is -2.81. The molecule has 96 valence electrons. The molecule has 0 aliphatic rings. The molecule has 0 aliphatic heterocycles. The van der Waals surface area contributed by atoms with Gasteiger partial charge >= 0.3 is 5.69 Å². The first kappa shape index (κ1) is 12.6. The van der Waals surface area contributed by atoms with Gasteiger partial charge in [-0.05, 0) is 6.07 Å². The Morgan fingerprint density at radius 2 is 2.26 bits per heavy atom. The van der Waals surface area contributed by atoms with Crippen molar-refractivity contribution in [3.8, 4) is 11.8 Å². The number of aromatic nitrogens is 2. The first-order chi connectivity index (χ1) is 9.22. The maximum atomic E-state index is 11.2. The number of nitriles is 1. The average molecular weight is 256 g/mol. The summed E-state index contributed by atoms with van der Waals surface area (Å²) in [7, 11) is 1.60. The number of nitrogens with one attached hydrogen (secondary N) is 2. The summed E-state index contributed by atoms with van der Waals surface area (Å²) in [6, 6.07) is 10.9. The highest BCUT2D eigenvalue weighted by Crippen LogP contribution is 2.18. The van der Waals surface area contributed by atoms with Crippen molar-refractivity contribution in [3.63, 3.8) is 0 Å². The van der Waals surface area contributed by atoms with Gasteiger partial charge in [0.25, 0.3) is 0 Å². The number of aromatic amines is 1. The maximum Gasteiger partial charge on any atom is 0.347 e. The van der Waals surface area contributed by atoms with Crippen LogP contribution >= 0.6 is 0 Å². The van der Waals surface area contributed by atoms with Gasteiger partial charge in [-0.1, -0.05) is 18.2 Å². The lowest BCUT2D eigenvalue weighted by molar-refractivity contribution is 0.410. The van der Waals surface area contributed by atoms with E-state index in [-0.39, 0.29) is 5.69 Å². The smallest absolute Gasteiger partial charge is 0.347 e. The normalized spacial score (nSPS) is 9.68. The standard InChI is InChI=1S/C13H12N4O2/c1-19-11-5-3-2-4-9(11)8-15-12-6-10(7-14)16-13(18)17-12/h2-6H,8H2,1H3,(H2,15,16,17,18). The second-order valence-corrected chi connectivity index (χ2v) is 3.76. The summed E-state index contributed by atoms with van der Waals surface area (Å²) in [5.41, 5.74) is 0.551. The Bertz CT molecular complexity index is 673. The van der Waals surface area contributed by atoms with Crippen LogP contribution in [0.1, 0.15) is 11.3 Å². The van der Waals surface area contributed by atoms with Gasteiger partial charge in [0.2, 0.25) is 0 Å². The van der Waals surface area contributed by atoms with Gasteiger partial charge in [0.05, 0.1) is 7.11 Å². The minimum atomic E-state index is -0.554. The predicted octanol–water partition coefficient (Wildman–Crippen LogP) is 1.26. The van der Waals surface area contributed by atoms with Crippen molar-refractivity contribution in [2.75, 3.05) is 12.4 Å². The molecule has 6 nitrogen and oxygen atoms in total. The molecule has 0 atom stereocenters. The van der Waals surface area contributed by atoms with Gasteiger partial charge in [0.1, 0.15) is 23.3 Å². The zero-order valence-electron chi connectivity index (χ0n) is 10.3. The van der Waals surface area contributed by atoms with Gasteiger partial charge in [-0.2, -0.15) is 10.2 Å². The van der Waals surface area contributed by atoms with Gasteiger partial charge < -0.3 is 10.1 Å². The molecule has 2 aromatic rings. The second kappa shape index (κ2) is 5.69. The van der Waals surface area contributed by atoms with Gasteiger partial charge in [-0.15, -0.1) is 0 Å². The summed E-state index contributed by atoms with van der Waals surface area (Å²) in [4.78, 5) is 17.3. The lowest BCUT2D eigenvalue weighted by atomic mass is 10.2. The van der Waals surface area contributed by atoms with Crippen LogP contribution in [-0.4, -0.2) is 17.1 Å². The highest BCUT2D eigenvalue weighted by molar-refractivity contribution is 5.42. The fourth-order valence-corrected chi connectivity index (χ4v) is 1.64. The van der Waals surface area contributed by atoms with Crippen molar-refractivity contribution in [2.45, 2.75) is 6.54 Å². The van der Waals surface area contributed by atoms with E-state index in [4.69, 9.17) is 10.00 Å². The number of benzene rings is 1. The van der Waals surface area contributed by atoms with Crippen molar-refractivity contribution < 1.29 is 4.74 Å². The number of rotatable bonds is 4. The average Bonchev–Trinajstić information content (AvgIpc) is 2.44. The van der Waals surface area contributed by atoms with Gasteiger partial charge in [-0.3, -0.25) is 4.98 Å². The molecule has 19 heavy (non-hydrogen) atoms. The Morgan fingerprint density at radius 3 is 3.00 bits per heavy atom. The van der Waals surface area contributed by atoms with Gasteiger partial charge in [0, 0.05) is 18.2 Å². The summed E-state index contributed by atoms with van der Waals surface area (Å²) < 4.78 is 5.22. The molecule has 2 rings (SSSR count). The van der Waals surface area contributed by atoms with Crippen LogP contribution in [0.4, 0.5) is 5.82 Å². The zero-order chi connectivity index (χ0) is 13.7. The van der Waals surface area contributed by atoms with E-state index in [1.54, 1.807) is 7.11 Å². The number of para-hydroxylation sites is 1. The van der Waals surface area contributed by atoms with Gasteiger partial charge in [0.15, 0.2) is 0 Å². The lowest BCUT2D eigenvalue weighted by Crippen LogP contribution is -2.15. The predicted molar refractivity (Wildman–Crippen MR) is 69.9 cm³/mol. The number of ether oxygens (including phenoxy) is 1. The van der Waals surface area contributed by atoms with E-state index in [1.165, 1.54) is 6.07 Å². The summed E-state index contributed by atoms with van der Waals surface area (Å²) in [6.07, 6.45) is 0. The Labute approximate surface area is 109 Å². The van der Waals surface area contributed by atoms with Crippen LogP contribution in [0.25, 0.3) is 0 Å². The summed E-state index contributed by atoms with van der Waals surface area (Å²) in [5, 5.41) is 11.7. The fraction of sp³-hybridized carbons (Fsp3) is 0.154. The molecule has 2 N–H and O–H groups in total. The van der Waals surface area contributed by atoms with Crippen molar-refractivity contribution in [1.82, 2.24) is 9.97 Å². The van der Waals surface area contributed by atoms with E-state index in [1.807, 2.05) is 30.3 Å². The van der Waals surface area contributed by atoms with Crippen molar-refractivity contribution >= 4 is 5.82 Å². The number of H-pyrrole nitrogens is 1. The van der Waals surface area contributed by atoms with Crippen molar-refractivity contribution in [1.29, 1.82) is 5.26 Å². The number of hydrogen-bond donors (Lipinski definition) is 2. The molecular weight excluding hydrogens is 244 g/mol. The molecule has 0 saturated heterocycles. The summed E-state index contributed by atoms with van der Waals surface area (Å²) in [6.45, 7) is 0.450. The monoisotopic (exact) mass is 256 g/mol. The van der Waals surface area contributed by atoms with E-state index >= 15 is 0 Å². The summed E-state index contributed by atoms with van der Waals surface area (Å²) >= 11 is 0. The Kier molecular flexibility index (Phi) is 3.78. The molecule has 0 unspecified atom stereocenters. The zero-order valence-corrected chi connectivity index (χ0v) is 10.3. The third-order valence-electron chi connectivity index (χ3n) is 2.52. The SMILES string of the molecule is COc1ccccc1CNc1cc(C#N)[nH]c(=O)n1. The van der Waals surface area contributed by atoms with E-state index < -0.39 is 5.69 Å². The van der Waals surface area contributed by atoms with Gasteiger partial charge in [-0.25, -0.2) is 4.79 Å². The van der Waals surface area contributed by atoms with Crippen LogP contribution in [0.5, 0.6) is 5.75 Å².